The van der Waals surface area contributed by atoms with Crippen molar-refractivity contribution in [2.75, 3.05) is 5.73 Å². The number of aromatic nitrogens is 1. The molecule has 0 aliphatic heterocycles. The predicted octanol–water partition coefficient (Wildman–Crippen LogP) is 4.53. The van der Waals surface area contributed by atoms with Gasteiger partial charge in [-0.1, -0.05) is 43.5 Å². The summed E-state index contributed by atoms with van der Waals surface area (Å²) >= 11 is 0. The van der Waals surface area contributed by atoms with Crippen LogP contribution in [0.25, 0.3) is 17.7 Å². The van der Waals surface area contributed by atoms with E-state index in [4.69, 9.17) is 5.73 Å². The number of allylic oxidation sites excluding steroid dienone is 2. The van der Waals surface area contributed by atoms with Crippen LogP contribution in [0, 0.1) is 0 Å². The van der Waals surface area contributed by atoms with Gasteiger partial charge in [0.05, 0.1) is 0 Å². The Labute approximate surface area is 120 Å². The molecule has 0 fully saturated rings. The summed E-state index contributed by atoms with van der Waals surface area (Å²) in [6, 6.07) is 7.83. The Balaban J connectivity index is 2.31. The Bertz CT molecular complexity index is 660. The Morgan fingerprint density at radius 2 is 2.10 bits per heavy atom. The maximum Gasteiger partial charge on any atom is 0.0450 e. The predicted molar refractivity (Wildman–Crippen MR) is 89.2 cm³/mol. The van der Waals surface area contributed by atoms with Crippen molar-refractivity contribution in [1.82, 2.24) is 4.98 Å². The fourth-order valence-corrected chi connectivity index (χ4v) is 2.32. The molecule has 0 amide bonds. The van der Waals surface area contributed by atoms with Gasteiger partial charge in [-0.05, 0) is 36.6 Å². The largest absolute Gasteiger partial charge is 0.398 e. The molecule has 0 radical (unpaired) electrons. The topological polar surface area (TPSA) is 41.8 Å². The number of para-hydroxylation sites is 1. The third-order valence-corrected chi connectivity index (χ3v) is 3.32. The zero-order chi connectivity index (χ0) is 14.5. The minimum atomic E-state index is 0.762. The van der Waals surface area contributed by atoms with Crippen LogP contribution in [-0.2, 0) is 6.42 Å². The Kier molecular flexibility index (Phi) is 4.26. The van der Waals surface area contributed by atoms with Crippen molar-refractivity contribution in [2.24, 2.45) is 0 Å². The molecule has 0 atom stereocenters. The summed E-state index contributed by atoms with van der Waals surface area (Å²) in [6.45, 7) is 10.0. The van der Waals surface area contributed by atoms with E-state index in [1.54, 1.807) is 0 Å². The summed E-state index contributed by atoms with van der Waals surface area (Å²) in [5.74, 6) is 0. The molecule has 2 aromatic rings. The van der Waals surface area contributed by atoms with Gasteiger partial charge in [-0.2, -0.15) is 0 Å². The second-order valence-corrected chi connectivity index (χ2v) is 4.71. The van der Waals surface area contributed by atoms with Crippen molar-refractivity contribution in [3.05, 3.63) is 72.1 Å². The molecule has 2 rings (SSSR count). The molecule has 3 N–H and O–H groups in total. The Morgan fingerprint density at radius 1 is 1.35 bits per heavy atom. The van der Waals surface area contributed by atoms with E-state index in [9.17, 15) is 0 Å². The number of aromatic amines is 1. The summed E-state index contributed by atoms with van der Waals surface area (Å²) in [4.78, 5) is 3.24. The van der Waals surface area contributed by atoms with E-state index >= 15 is 0 Å². The van der Waals surface area contributed by atoms with E-state index < -0.39 is 0 Å². The molecule has 1 aromatic heterocycles. The zero-order valence-electron chi connectivity index (χ0n) is 11.8. The molecule has 2 nitrogen and oxygen atoms in total. The molecule has 2 heteroatoms. The Morgan fingerprint density at radius 3 is 2.75 bits per heavy atom. The second kappa shape index (κ2) is 6.11. The van der Waals surface area contributed by atoms with Gasteiger partial charge in [-0.3, -0.25) is 0 Å². The Hall–Kier alpha value is -2.48. The van der Waals surface area contributed by atoms with Crippen LogP contribution in [0.15, 0.2) is 49.7 Å². The van der Waals surface area contributed by atoms with Crippen molar-refractivity contribution in [3.63, 3.8) is 0 Å². The smallest absolute Gasteiger partial charge is 0.0450 e. The minimum Gasteiger partial charge on any atom is -0.398 e. The zero-order valence-corrected chi connectivity index (χ0v) is 11.8. The van der Waals surface area contributed by atoms with E-state index in [1.165, 1.54) is 5.56 Å². The van der Waals surface area contributed by atoms with Crippen molar-refractivity contribution in [1.29, 1.82) is 0 Å². The molecular weight excluding hydrogens is 244 g/mol. The average Bonchev–Trinajstić information content (AvgIpc) is 2.82. The number of anilines is 1. The highest BCUT2D eigenvalue weighted by atomic mass is 14.7. The lowest BCUT2D eigenvalue weighted by atomic mass is 9.97. The number of benzene rings is 1. The van der Waals surface area contributed by atoms with Gasteiger partial charge >= 0.3 is 0 Å². The van der Waals surface area contributed by atoms with Crippen LogP contribution in [0.4, 0.5) is 5.69 Å². The van der Waals surface area contributed by atoms with Gasteiger partial charge in [0.2, 0.25) is 0 Å². The van der Waals surface area contributed by atoms with Crippen molar-refractivity contribution in [3.8, 4) is 0 Å². The fraction of sp³-hybridized carbons (Fsp3) is 0.111. The molecule has 0 aliphatic carbocycles. The number of H-pyrrole nitrogens is 1. The first-order valence-electron chi connectivity index (χ1n) is 6.65. The van der Waals surface area contributed by atoms with Gasteiger partial charge in [0.25, 0.3) is 0 Å². The lowest BCUT2D eigenvalue weighted by Crippen LogP contribution is -1.95. The molecular formula is C18H20N2. The van der Waals surface area contributed by atoms with Crippen LogP contribution in [0.1, 0.15) is 29.3 Å². The SMILES string of the molecule is C=Cc1[nH]cc(CC(=C)c2ccccc2N)c1/C=C\C. The number of rotatable bonds is 5. The number of nitrogens with two attached hydrogens (primary N) is 1. The second-order valence-electron chi connectivity index (χ2n) is 4.71. The fourth-order valence-electron chi connectivity index (χ4n) is 2.32. The number of nitrogen functional groups attached to an aromatic ring is 1. The summed E-state index contributed by atoms with van der Waals surface area (Å²) < 4.78 is 0. The molecule has 0 saturated carbocycles. The monoisotopic (exact) mass is 264 g/mol. The molecule has 102 valence electrons. The van der Waals surface area contributed by atoms with Gasteiger partial charge in [-0.15, -0.1) is 0 Å². The lowest BCUT2D eigenvalue weighted by molar-refractivity contribution is 1.28. The molecule has 0 aliphatic rings. The van der Waals surface area contributed by atoms with Crippen molar-refractivity contribution < 1.29 is 0 Å². The van der Waals surface area contributed by atoms with Crippen LogP contribution in [0.5, 0.6) is 0 Å². The van der Waals surface area contributed by atoms with E-state index in [0.29, 0.717) is 0 Å². The van der Waals surface area contributed by atoms with Crippen LogP contribution in [0.3, 0.4) is 0 Å². The maximum atomic E-state index is 6.00. The molecule has 1 aromatic carbocycles. The van der Waals surface area contributed by atoms with E-state index in [-0.39, 0.29) is 0 Å². The number of hydrogen-bond donors (Lipinski definition) is 2. The standard InChI is InChI=1S/C18H20N2/c1-4-8-16-14(12-20-18(16)5-2)11-13(3)15-9-6-7-10-17(15)19/h4-10,12,20H,2-3,11,19H2,1H3/b8-4-. The highest BCUT2D eigenvalue weighted by Crippen LogP contribution is 2.26. The van der Waals surface area contributed by atoms with Gasteiger partial charge in [-0.25, -0.2) is 0 Å². The van der Waals surface area contributed by atoms with Gasteiger partial charge in [0.15, 0.2) is 0 Å². The molecule has 0 unspecified atom stereocenters. The highest BCUT2D eigenvalue weighted by molar-refractivity contribution is 5.76. The van der Waals surface area contributed by atoms with E-state index in [2.05, 4.69) is 24.2 Å². The van der Waals surface area contributed by atoms with Gasteiger partial charge in [0, 0.05) is 28.7 Å². The molecule has 0 bridgehead atoms. The van der Waals surface area contributed by atoms with E-state index in [0.717, 1.165) is 34.5 Å². The third kappa shape index (κ3) is 2.75. The van der Waals surface area contributed by atoms with Crippen molar-refractivity contribution >= 4 is 23.4 Å². The quantitative estimate of drug-likeness (QED) is 0.765. The van der Waals surface area contributed by atoms with Crippen LogP contribution in [-0.4, -0.2) is 4.98 Å². The molecule has 0 spiro atoms. The molecule has 0 saturated heterocycles. The summed E-state index contributed by atoms with van der Waals surface area (Å²) in [5.41, 5.74) is 12.2. The highest BCUT2D eigenvalue weighted by Gasteiger charge is 2.10. The van der Waals surface area contributed by atoms with Crippen LogP contribution in [0.2, 0.25) is 0 Å². The van der Waals surface area contributed by atoms with E-state index in [1.807, 2.05) is 49.5 Å². The van der Waals surface area contributed by atoms with Crippen LogP contribution < -0.4 is 5.73 Å². The summed E-state index contributed by atoms with van der Waals surface area (Å²) in [7, 11) is 0. The summed E-state index contributed by atoms with van der Waals surface area (Å²) in [5, 5.41) is 0. The summed E-state index contributed by atoms with van der Waals surface area (Å²) in [6.07, 6.45) is 8.72. The minimum absolute atomic E-state index is 0.762. The average molecular weight is 264 g/mol. The van der Waals surface area contributed by atoms with Gasteiger partial charge < -0.3 is 10.7 Å². The maximum absolute atomic E-state index is 6.00. The number of nitrogens with one attached hydrogen (secondary N) is 1. The van der Waals surface area contributed by atoms with Crippen LogP contribution >= 0.6 is 0 Å². The molecule has 1 heterocycles. The lowest BCUT2D eigenvalue weighted by Gasteiger charge is -2.09. The third-order valence-electron chi connectivity index (χ3n) is 3.32. The first kappa shape index (κ1) is 13.9. The first-order valence-corrected chi connectivity index (χ1v) is 6.65. The van der Waals surface area contributed by atoms with Gasteiger partial charge in [0.1, 0.15) is 0 Å². The first-order chi connectivity index (χ1) is 9.67. The number of hydrogen-bond acceptors (Lipinski definition) is 1. The molecule has 20 heavy (non-hydrogen) atoms. The normalized spacial score (nSPS) is 10.8. The van der Waals surface area contributed by atoms with Crippen molar-refractivity contribution in [2.45, 2.75) is 13.3 Å².